The summed E-state index contributed by atoms with van der Waals surface area (Å²) in [6.45, 7) is 0. The number of aliphatic hydroxyl groups is 1. The van der Waals surface area contributed by atoms with Crippen molar-refractivity contribution in [1.29, 1.82) is 0 Å². The summed E-state index contributed by atoms with van der Waals surface area (Å²) < 4.78 is 4.74. The van der Waals surface area contributed by atoms with Gasteiger partial charge in [0, 0.05) is 0 Å². The van der Waals surface area contributed by atoms with Crippen molar-refractivity contribution in [3.8, 4) is 0 Å². The van der Waals surface area contributed by atoms with Crippen molar-refractivity contribution in [2.45, 2.75) is 12.7 Å². The van der Waals surface area contributed by atoms with Gasteiger partial charge in [-0.1, -0.05) is 23.3 Å². The van der Waals surface area contributed by atoms with E-state index < -0.39 is 6.29 Å². The van der Waals surface area contributed by atoms with Gasteiger partial charge in [-0.15, -0.1) is 0 Å². The Kier molecular flexibility index (Phi) is 0.964. The third kappa shape index (κ3) is 0.547. The summed E-state index contributed by atoms with van der Waals surface area (Å²) in [5.41, 5.74) is 2.25. The minimum absolute atomic E-state index is 0.0718. The fraction of sp³-hybridized carbons (Fsp3) is 0.444. The van der Waals surface area contributed by atoms with Crippen LogP contribution in [0.1, 0.15) is 6.42 Å². The largest absolute Gasteiger partial charge is 0.435 e. The first-order valence-corrected chi connectivity index (χ1v) is 4.05. The molecule has 2 aliphatic carbocycles. The lowest BCUT2D eigenvalue weighted by molar-refractivity contribution is -0.156. The van der Waals surface area contributed by atoms with Gasteiger partial charge in [0.25, 0.3) is 0 Å². The molecule has 0 aromatic heterocycles. The molecule has 2 bridgehead atoms. The highest BCUT2D eigenvalue weighted by Gasteiger charge is 2.53. The van der Waals surface area contributed by atoms with Gasteiger partial charge in [-0.25, -0.2) is 0 Å². The van der Waals surface area contributed by atoms with Gasteiger partial charge in [-0.05, 0) is 6.42 Å². The predicted octanol–water partition coefficient (Wildman–Crippen LogP) is 0.364. The average Bonchev–Trinajstić information content (AvgIpc) is 2.64. The number of esters is 1. The molecule has 1 saturated carbocycles. The Morgan fingerprint density at radius 1 is 1.42 bits per heavy atom. The highest BCUT2D eigenvalue weighted by molar-refractivity contribution is 5.82. The van der Waals surface area contributed by atoms with Crippen LogP contribution in [0, 0.1) is 11.8 Å². The molecule has 1 heterocycles. The van der Waals surface area contributed by atoms with Gasteiger partial charge in [-0.3, -0.25) is 4.79 Å². The number of ether oxygens (including phenoxy) is 1. The van der Waals surface area contributed by atoms with Crippen LogP contribution in [-0.4, -0.2) is 17.4 Å². The Balaban J connectivity index is 2.10. The van der Waals surface area contributed by atoms with E-state index in [-0.39, 0.29) is 17.8 Å². The quantitative estimate of drug-likeness (QED) is 0.526. The number of carbonyl (C=O) groups is 1. The monoisotopic (exact) mass is 164 g/mol. The van der Waals surface area contributed by atoms with E-state index in [0.717, 1.165) is 17.6 Å². The van der Waals surface area contributed by atoms with E-state index in [9.17, 15) is 9.90 Å². The lowest BCUT2D eigenvalue weighted by Gasteiger charge is -2.11. The minimum atomic E-state index is -0.903. The van der Waals surface area contributed by atoms with Crippen LogP contribution < -0.4 is 0 Å². The maximum atomic E-state index is 11.2. The van der Waals surface area contributed by atoms with Crippen molar-refractivity contribution in [2.24, 2.45) is 11.8 Å². The Hall–Kier alpha value is -1.09. The number of hydrogen-bond donors (Lipinski definition) is 1. The van der Waals surface area contributed by atoms with E-state index in [0.29, 0.717) is 0 Å². The number of allylic oxidation sites excluding steroid dienone is 2. The molecule has 3 heteroatoms. The zero-order valence-electron chi connectivity index (χ0n) is 6.36. The second kappa shape index (κ2) is 1.80. The van der Waals surface area contributed by atoms with Gasteiger partial charge in [0.05, 0.1) is 11.8 Å². The summed E-state index contributed by atoms with van der Waals surface area (Å²) in [5, 5.41) is 9.38. The molecule has 0 aromatic rings. The molecule has 2 fully saturated rings. The molecule has 3 unspecified atom stereocenters. The maximum Gasteiger partial charge on any atom is 0.316 e. The van der Waals surface area contributed by atoms with Crippen LogP contribution in [0.4, 0.5) is 0 Å². The van der Waals surface area contributed by atoms with Crippen LogP contribution >= 0.6 is 0 Å². The highest BCUT2D eigenvalue weighted by atomic mass is 16.6. The third-order valence-corrected chi connectivity index (χ3v) is 2.90. The van der Waals surface area contributed by atoms with Crippen LogP contribution in [0.5, 0.6) is 0 Å². The SMILES string of the molecule is O=C1OC(O)C2C3=CC=C(C3)C12. The van der Waals surface area contributed by atoms with Gasteiger partial charge >= 0.3 is 5.97 Å². The summed E-state index contributed by atoms with van der Waals surface area (Å²) in [7, 11) is 0. The smallest absolute Gasteiger partial charge is 0.316 e. The van der Waals surface area contributed by atoms with Crippen LogP contribution in [0.2, 0.25) is 0 Å². The summed E-state index contributed by atoms with van der Waals surface area (Å²) in [6, 6.07) is 0. The van der Waals surface area contributed by atoms with Gasteiger partial charge in [0.1, 0.15) is 0 Å². The summed E-state index contributed by atoms with van der Waals surface area (Å²) in [4.78, 5) is 11.2. The summed E-state index contributed by atoms with van der Waals surface area (Å²) in [6.07, 6.45) is 3.92. The first kappa shape index (κ1) is 6.43. The number of carbonyl (C=O) groups excluding carboxylic acids is 1. The summed E-state index contributed by atoms with van der Waals surface area (Å²) >= 11 is 0. The number of cyclic esters (lactones) is 1. The lowest BCUT2D eigenvalue weighted by Crippen LogP contribution is -2.18. The van der Waals surface area contributed by atoms with Crippen LogP contribution in [0.25, 0.3) is 0 Å². The predicted molar refractivity (Wildman–Crippen MR) is 39.9 cm³/mol. The Morgan fingerprint density at radius 3 is 2.92 bits per heavy atom. The second-order valence-electron chi connectivity index (χ2n) is 3.49. The van der Waals surface area contributed by atoms with Gasteiger partial charge in [0.15, 0.2) is 0 Å². The Labute approximate surface area is 69.3 Å². The van der Waals surface area contributed by atoms with E-state index in [1.165, 1.54) is 0 Å². The fourth-order valence-electron chi connectivity index (χ4n) is 2.37. The van der Waals surface area contributed by atoms with Crippen molar-refractivity contribution in [3.05, 3.63) is 23.3 Å². The molecule has 0 radical (unpaired) electrons. The maximum absolute atomic E-state index is 11.2. The molecular formula is C9H8O3. The van der Waals surface area contributed by atoms with Gasteiger partial charge < -0.3 is 9.84 Å². The molecule has 12 heavy (non-hydrogen) atoms. The molecule has 1 aliphatic heterocycles. The molecule has 1 saturated heterocycles. The first-order chi connectivity index (χ1) is 5.77. The second-order valence-corrected chi connectivity index (χ2v) is 3.49. The van der Waals surface area contributed by atoms with Gasteiger partial charge in [0.2, 0.25) is 6.29 Å². The lowest BCUT2D eigenvalue weighted by atomic mass is 9.90. The van der Waals surface area contributed by atoms with E-state index in [1.54, 1.807) is 0 Å². The minimum Gasteiger partial charge on any atom is -0.435 e. The average molecular weight is 164 g/mol. The third-order valence-electron chi connectivity index (χ3n) is 2.90. The summed E-state index contributed by atoms with van der Waals surface area (Å²) in [5.74, 6) is -0.501. The molecule has 62 valence electrons. The van der Waals surface area contributed by atoms with Crippen molar-refractivity contribution in [2.75, 3.05) is 0 Å². The zero-order chi connectivity index (χ0) is 8.29. The van der Waals surface area contributed by atoms with Crippen molar-refractivity contribution >= 4 is 5.97 Å². The molecular weight excluding hydrogens is 156 g/mol. The number of aliphatic hydroxyl groups excluding tert-OH is 1. The standard InChI is InChI=1S/C9H8O3/c10-8-6-4-1-2-5(3-4)7(6)9(11)12-8/h1-2,6-8,10H,3H2. The van der Waals surface area contributed by atoms with Crippen LogP contribution in [-0.2, 0) is 9.53 Å². The van der Waals surface area contributed by atoms with Gasteiger partial charge in [-0.2, -0.15) is 0 Å². The fourth-order valence-corrected chi connectivity index (χ4v) is 2.37. The molecule has 0 aromatic carbocycles. The molecule has 1 N–H and O–H groups in total. The van der Waals surface area contributed by atoms with E-state index in [4.69, 9.17) is 4.74 Å². The van der Waals surface area contributed by atoms with E-state index in [2.05, 4.69) is 0 Å². The molecule has 3 aliphatic rings. The van der Waals surface area contributed by atoms with Crippen LogP contribution in [0.15, 0.2) is 23.3 Å². The number of fused-ring (bicyclic) bond motifs is 5. The Bertz CT molecular complexity index is 327. The van der Waals surface area contributed by atoms with Crippen molar-refractivity contribution in [1.82, 2.24) is 0 Å². The molecule has 3 atom stereocenters. The van der Waals surface area contributed by atoms with Crippen molar-refractivity contribution < 1.29 is 14.6 Å². The normalized spacial score (nSPS) is 42.4. The topological polar surface area (TPSA) is 46.5 Å². The molecule has 3 nitrogen and oxygen atoms in total. The van der Waals surface area contributed by atoms with Crippen molar-refractivity contribution in [3.63, 3.8) is 0 Å². The van der Waals surface area contributed by atoms with Crippen LogP contribution in [0.3, 0.4) is 0 Å². The number of hydrogen-bond acceptors (Lipinski definition) is 3. The molecule has 0 amide bonds. The number of rotatable bonds is 0. The molecule has 0 spiro atoms. The zero-order valence-corrected chi connectivity index (χ0v) is 6.36. The Morgan fingerprint density at radius 2 is 2.17 bits per heavy atom. The van der Waals surface area contributed by atoms with E-state index in [1.807, 2.05) is 12.2 Å². The first-order valence-electron chi connectivity index (χ1n) is 4.05. The van der Waals surface area contributed by atoms with E-state index >= 15 is 0 Å². The molecule has 3 rings (SSSR count). The highest BCUT2D eigenvalue weighted by Crippen LogP contribution is 2.50.